The Labute approximate surface area is 148 Å². The van der Waals surface area contributed by atoms with Crippen LogP contribution in [0.1, 0.15) is 5.56 Å². The van der Waals surface area contributed by atoms with Crippen LogP contribution < -0.4 is 10.2 Å². The van der Waals surface area contributed by atoms with Gasteiger partial charge in [-0.3, -0.25) is 10.0 Å². The van der Waals surface area contributed by atoms with Gasteiger partial charge in [-0.05, 0) is 40.1 Å². The molecule has 1 heterocycles. The van der Waals surface area contributed by atoms with E-state index in [-0.39, 0.29) is 22.9 Å². The zero-order valence-corrected chi connectivity index (χ0v) is 14.0. The van der Waals surface area contributed by atoms with Gasteiger partial charge in [0.25, 0.3) is 5.03 Å². The van der Waals surface area contributed by atoms with E-state index in [1.54, 1.807) is 30.3 Å². The number of aromatic nitrogens is 2. The molecule has 0 saturated carbocycles. The smallest absolute Gasteiger partial charge is 0.301 e. The molecular formula is C16H13N3O6S. The van der Waals surface area contributed by atoms with E-state index in [9.17, 15) is 13.2 Å². The molecule has 26 heavy (non-hydrogen) atoms. The minimum Gasteiger partial charge on any atom is -0.434 e. The summed E-state index contributed by atoms with van der Waals surface area (Å²) in [4.78, 5) is 11.2. The van der Waals surface area contributed by atoms with Crippen LogP contribution in [0, 0.1) is 0 Å². The molecular weight excluding hydrogens is 362 g/mol. The summed E-state index contributed by atoms with van der Waals surface area (Å²) in [6.07, 6.45) is -0.0179. The predicted molar refractivity (Wildman–Crippen MR) is 86.3 cm³/mol. The van der Waals surface area contributed by atoms with Crippen LogP contribution in [0.25, 0.3) is 0 Å². The third-order valence-electron chi connectivity index (χ3n) is 3.37. The van der Waals surface area contributed by atoms with E-state index < -0.39 is 20.8 Å². The molecule has 0 aliphatic heterocycles. The summed E-state index contributed by atoms with van der Waals surface area (Å²) in [5.74, 6) is -0.580. The maximum Gasteiger partial charge on any atom is 0.301 e. The first kappa shape index (κ1) is 17.6. The molecule has 0 saturated heterocycles. The molecule has 0 unspecified atom stereocenters. The van der Waals surface area contributed by atoms with E-state index in [0.29, 0.717) is 5.56 Å². The molecule has 0 spiro atoms. The quantitative estimate of drug-likeness (QED) is 0.492. The molecule has 1 amide bonds. The number of hydrogen-bond donors (Lipinski definition) is 2. The van der Waals surface area contributed by atoms with Crippen LogP contribution in [0.4, 0.5) is 0 Å². The largest absolute Gasteiger partial charge is 0.434 e. The first-order valence-electron chi connectivity index (χ1n) is 7.33. The van der Waals surface area contributed by atoms with Crippen molar-refractivity contribution in [3.8, 4) is 11.6 Å². The van der Waals surface area contributed by atoms with Gasteiger partial charge in [0.2, 0.25) is 15.7 Å². The van der Waals surface area contributed by atoms with Crippen LogP contribution in [0.15, 0.2) is 69.1 Å². The molecule has 0 atom stereocenters. The molecule has 0 aliphatic rings. The first-order chi connectivity index (χ1) is 12.5. The number of amides is 1. The fourth-order valence-electron chi connectivity index (χ4n) is 2.12. The normalized spacial score (nSPS) is 11.1. The lowest BCUT2D eigenvalue weighted by Crippen LogP contribution is -2.20. The summed E-state index contributed by atoms with van der Waals surface area (Å²) in [5, 5.41) is 15.0. The molecule has 1 aromatic heterocycles. The number of hydroxylamine groups is 1. The lowest BCUT2D eigenvalue weighted by Gasteiger charge is -2.05. The Morgan fingerprint density at radius 3 is 2.42 bits per heavy atom. The van der Waals surface area contributed by atoms with Gasteiger partial charge in [0.15, 0.2) is 0 Å². The van der Waals surface area contributed by atoms with Gasteiger partial charge in [0.05, 0.1) is 11.3 Å². The zero-order chi connectivity index (χ0) is 18.6. The molecule has 0 bridgehead atoms. The van der Waals surface area contributed by atoms with Crippen molar-refractivity contribution in [1.29, 1.82) is 0 Å². The van der Waals surface area contributed by atoms with Gasteiger partial charge in [-0.2, -0.15) is 0 Å². The maximum absolute atomic E-state index is 12.6. The van der Waals surface area contributed by atoms with Crippen LogP contribution in [0.5, 0.6) is 11.6 Å². The topological polar surface area (TPSA) is 132 Å². The standard InChI is InChI=1S/C16H13N3O6S/c20-14(17-21)10-11-6-8-12(9-7-11)24-15-16(19-25-18-15)26(22,23)13-4-2-1-3-5-13/h1-9,21H,10H2,(H,17,20). The number of sulfone groups is 1. The van der Waals surface area contributed by atoms with Crippen molar-refractivity contribution in [3.05, 3.63) is 60.2 Å². The van der Waals surface area contributed by atoms with Crippen molar-refractivity contribution in [2.24, 2.45) is 0 Å². The monoisotopic (exact) mass is 375 g/mol. The van der Waals surface area contributed by atoms with Gasteiger partial charge in [0, 0.05) is 0 Å². The lowest BCUT2D eigenvalue weighted by molar-refractivity contribution is -0.128. The SMILES string of the molecule is O=C(Cc1ccc(Oc2nonc2S(=O)(=O)c2ccccc2)cc1)NO. The Kier molecular flexibility index (Phi) is 4.96. The van der Waals surface area contributed by atoms with Crippen molar-refractivity contribution in [3.63, 3.8) is 0 Å². The second-order valence-electron chi connectivity index (χ2n) is 5.15. The highest BCUT2D eigenvalue weighted by Crippen LogP contribution is 2.29. The van der Waals surface area contributed by atoms with E-state index in [1.807, 2.05) is 0 Å². The van der Waals surface area contributed by atoms with Crippen molar-refractivity contribution in [2.75, 3.05) is 0 Å². The van der Waals surface area contributed by atoms with Crippen molar-refractivity contribution < 1.29 is 27.8 Å². The second-order valence-corrected chi connectivity index (χ2v) is 7.01. The minimum absolute atomic E-state index is 0.0179. The average molecular weight is 375 g/mol. The van der Waals surface area contributed by atoms with Gasteiger partial charge < -0.3 is 4.74 Å². The van der Waals surface area contributed by atoms with Gasteiger partial charge >= 0.3 is 5.88 Å². The van der Waals surface area contributed by atoms with Gasteiger partial charge in [-0.25, -0.2) is 18.5 Å². The van der Waals surface area contributed by atoms with Gasteiger partial charge in [-0.1, -0.05) is 30.3 Å². The minimum atomic E-state index is -3.95. The number of carbonyl (C=O) groups excluding carboxylic acids is 1. The van der Waals surface area contributed by atoms with E-state index in [2.05, 4.69) is 14.9 Å². The Morgan fingerprint density at radius 1 is 1.08 bits per heavy atom. The van der Waals surface area contributed by atoms with E-state index in [4.69, 9.17) is 9.94 Å². The lowest BCUT2D eigenvalue weighted by atomic mass is 10.1. The number of hydrogen-bond acceptors (Lipinski definition) is 8. The highest BCUT2D eigenvalue weighted by Gasteiger charge is 2.28. The number of nitrogens with zero attached hydrogens (tertiary/aromatic N) is 2. The molecule has 0 radical (unpaired) electrons. The highest BCUT2D eigenvalue weighted by molar-refractivity contribution is 7.91. The van der Waals surface area contributed by atoms with Crippen molar-refractivity contribution >= 4 is 15.7 Å². The molecule has 134 valence electrons. The zero-order valence-electron chi connectivity index (χ0n) is 13.2. The number of ether oxygens (including phenoxy) is 1. The summed E-state index contributed by atoms with van der Waals surface area (Å²) < 4.78 is 35.2. The fourth-order valence-corrected chi connectivity index (χ4v) is 3.30. The van der Waals surface area contributed by atoms with Crippen LogP contribution in [-0.2, 0) is 21.1 Å². The molecule has 2 aromatic carbocycles. The Morgan fingerprint density at radius 2 is 1.77 bits per heavy atom. The van der Waals surface area contributed by atoms with Crippen LogP contribution in [0.2, 0.25) is 0 Å². The number of nitrogens with one attached hydrogen (secondary N) is 1. The van der Waals surface area contributed by atoms with E-state index in [0.717, 1.165) is 0 Å². The van der Waals surface area contributed by atoms with Gasteiger partial charge in [0.1, 0.15) is 5.75 Å². The van der Waals surface area contributed by atoms with Crippen molar-refractivity contribution in [2.45, 2.75) is 16.3 Å². The third kappa shape index (κ3) is 3.71. The molecule has 3 aromatic rings. The summed E-state index contributed by atoms with van der Waals surface area (Å²) in [7, 11) is -3.95. The van der Waals surface area contributed by atoms with E-state index >= 15 is 0 Å². The molecule has 0 aliphatic carbocycles. The number of rotatable bonds is 6. The first-order valence-corrected chi connectivity index (χ1v) is 8.81. The fraction of sp³-hybridized carbons (Fsp3) is 0.0625. The van der Waals surface area contributed by atoms with Crippen LogP contribution in [-0.4, -0.2) is 29.8 Å². The summed E-state index contributed by atoms with van der Waals surface area (Å²) in [5.41, 5.74) is 2.16. The second kappa shape index (κ2) is 7.33. The van der Waals surface area contributed by atoms with Crippen molar-refractivity contribution in [1.82, 2.24) is 15.8 Å². The Hall–Kier alpha value is -3.24. The predicted octanol–water partition coefficient (Wildman–Crippen LogP) is 1.74. The molecule has 0 fully saturated rings. The molecule has 2 N–H and O–H groups in total. The molecule has 9 nitrogen and oxygen atoms in total. The highest BCUT2D eigenvalue weighted by atomic mass is 32.2. The molecule has 10 heteroatoms. The molecule has 3 rings (SSSR count). The Bertz CT molecular complexity index is 1000. The van der Waals surface area contributed by atoms with E-state index in [1.165, 1.54) is 29.7 Å². The summed E-state index contributed by atoms with van der Waals surface area (Å²) in [6, 6.07) is 13.9. The summed E-state index contributed by atoms with van der Waals surface area (Å²) in [6.45, 7) is 0. The Balaban J connectivity index is 1.83. The summed E-state index contributed by atoms with van der Waals surface area (Å²) >= 11 is 0. The average Bonchev–Trinajstić information content (AvgIpc) is 3.13. The maximum atomic E-state index is 12.6. The number of benzene rings is 2. The third-order valence-corrected chi connectivity index (χ3v) is 5.02. The number of carbonyl (C=O) groups is 1. The van der Waals surface area contributed by atoms with Crippen LogP contribution >= 0.6 is 0 Å². The van der Waals surface area contributed by atoms with Gasteiger partial charge in [-0.15, -0.1) is 0 Å². The van der Waals surface area contributed by atoms with Crippen LogP contribution in [0.3, 0.4) is 0 Å².